The van der Waals surface area contributed by atoms with Crippen LogP contribution in [0.25, 0.3) is 5.57 Å². The Morgan fingerprint density at radius 2 is 1.41 bits per heavy atom. The van der Waals surface area contributed by atoms with Crippen molar-refractivity contribution in [3.63, 3.8) is 0 Å². The van der Waals surface area contributed by atoms with E-state index in [0.29, 0.717) is 17.5 Å². The van der Waals surface area contributed by atoms with Crippen LogP contribution in [-0.2, 0) is 25.5 Å². The first kappa shape index (κ1) is 20.1. The van der Waals surface area contributed by atoms with E-state index in [1.165, 1.54) is 0 Å². The molecule has 0 atom stereocenters. The number of benzene rings is 2. The molecule has 0 saturated heterocycles. The normalized spacial score (nSPS) is 11.0. The van der Waals surface area contributed by atoms with E-state index in [4.69, 9.17) is 9.47 Å². The van der Waals surface area contributed by atoms with E-state index in [1.807, 2.05) is 30.3 Å². The molecule has 0 N–H and O–H groups in total. The smallest absolute Gasteiger partial charge is 0.338 e. The molecule has 0 unspecified atom stereocenters. The topological polar surface area (TPSA) is 69.7 Å². The lowest BCUT2D eigenvalue weighted by Gasteiger charge is -2.08. The molecule has 0 radical (unpaired) electrons. The minimum Gasteiger partial charge on any atom is -0.463 e. The van der Waals surface area contributed by atoms with E-state index in [2.05, 4.69) is 0 Å². The molecule has 0 spiro atoms. The van der Waals surface area contributed by atoms with Gasteiger partial charge in [0.25, 0.3) is 0 Å². The highest BCUT2D eigenvalue weighted by atomic mass is 16.5. The van der Waals surface area contributed by atoms with Crippen molar-refractivity contribution < 1.29 is 23.9 Å². The van der Waals surface area contributed by atoms with Crippen molar-refractivity contribution in [1.29, 1.82) is 0 Å². The highest BCUT2D eigenvalue weighted by Gasteiger charge is 2.16. The lowest BCUT2D eigenvalue weighted by Crippen LogP contribution is -2.11. The number of Topliss-reactive ketones (excluding diaryl/α,β-unsaturated/α-hetero) is 1. The highest BCUT2D eigenvalue weighted by Crippen LogP contribution is 2.18. The maximum absolute atomic E-state index is 12.4. The van der Waals surface area contributed by atoms with Crippen LogP contribution in [0.2, 0.25) is 0 Å². The van der Waals surface area contributed by atoms with Crippen molar-refractivity contribution in [2.45, 2.75) is 20.3 Å². The number of carbonyl (C=O) groups excluding carboxylic acids is 3. The Morgan fingerprint density at radius 1 is 0.815 bits per heavy atom. The Labute approximate surface area is 158 Å². The van der Waals surface area contributed by atoms with Gasteiger partial charge in [0, 0.05) is 18.1 Å². The number of rotatable bonds is 8. The molecular weight excluding hydrogens is 344 g/mol. The van der Waals surface area contributed by atoms with Gasteiger partial charge in [0.05, 0.1) is 18.8 Å². The molecule has 0 amide bonds. The van der Waals surface area contributed by atoms with Crippen molar-refractivity contribution in [2.24, 2.45) is 0 Å². The Bertz CT molecular complexity index is 820. The van der Waals surface area contributed by atoms with Gasteiger partial charge in [0.15, 0.2) is 5.78 Å². The van der Waals surface area contributed by atoms with E-state index >= 15 is 0 Å². The Hall–Kier alpha value is -3.21. The molecule has 27 heavy (non-hydrogen) atoms. The van der Waals surface area contributed by atoms with Crippen molar-refractivity contribution in [3.05, 3.63) is 77.4 Å². The van der Waals surface area contributed by atoms with Gasteiger partial charge in [-0.3, -0.25) is 4.79 Å². The second-order valence-electron chi connectivity index (χ2n) is 5.69. The van der Waals surface area contributed by atoms with E-state index in [9.17, 15) is 14.4 Å². The lowest BCUT2D eigenvalue weighted by atomic mass is 9.99. The van der Waals surface area contributed by atoms with Gasteiger partial charge in [-0.1, -0.05) is 54.6 Å². The number of ketones is 1. The fraction of sp³-hybridized carbons (Fsp3) is 0.227. The summed E-state index contributed by atoms with van der Waals surface area (Å²) in [7, 11) is 0. The lowest BCUT2D eigenvalue weighted by molar-refractivity contribution is -0.139. The Kier molecular flexibility index (Phi) is 7.49. The van der Waals surface area contributed by atoms with Gasteiger partial charge < -0.3 is 9.47 Å². The first-order chi connectivity index (χ1) is 13.0. The molecule has 0 aliphatic heterocycles. The predicted molar refractivity (Wildman–Crippen MR) is 102 cm³/mol. The third-order valence-corrected chi connectivity index (χ3v) is 3.77. The molecule has 2 aromatic carbocycles. The molecule has 0 saturated carbocycles. The fourth-order valence-electron chi connectivity index (χ4n) is 2.49. The zero-order valence-electron chi connectivity index (χ0n) is 15.4. The van der Waals surface area contributed by atoms with Crippen LogP contribution in [0.5, 0.6) is 0 Å². The van der Waals surface area contributed by atoms with Crippen molar-refractivity contribution in [1.82, 2.24) is 0 Å². The SMILES string of the molecule is CCOC(=O)C=C(C(=O)OCC)c1ccc(C(=O)Cc2ccccc2)cc1. The van der Waals surface area contributed by atoms with E-state index < -0.39 is 11.9 Å². The quantitative estimate of drug-likeness (QED) is 0.405. The molecule has 0 fully saturated rings. The van der Waals surface area contributed by atoms with Crippen LogP contribution in [0.15, 0.2) is 60.7 Å². The first-order valence-corrected chi connectivity index (χ1v) is 8.78. The molecule has 5 nitrogen and oxygen atoms in total. The summed E-state index contributed by atoms with van der Waals surface area (Å²) in [5.74, 6) is -1.27. The molecule has 2 rings (SSSR count). The van der Waals surface area contributed by atoms with Crippen LogP contribution in [0, 0.1) is 0 Å². The second kappa shape index (κ2) is 10.1. The number of hydrogen-bond acceptors (Lipinski definition) is 5. The first-order valence-electron chi connectivity index (χ1n) is 8.78. The molecule has 0 heterocycles. The largest absolute Gasteiger partial charge is 0.463 e. The van der Waals surface area contributed by atoms with Gasteiger partial charge in [-0.2, -0.15) is 0 Å². The van der Waals surface area contributed by atoms with Crippen LogP contribution >= 0.6 is 0 Å². The Balaban J connectivity index is 2.22. The van der Waals surface area contributed by atoms with Gasteiger partial charge in [-0.15, -0.1) is 0 Å². The summed E-state index contributed by atoms with van der Waals surface area (Å²) in [5.41, 5.74) is 2.04. The average Bonchev–Trinajstić information content (AvgIpc) is 2.67. The zero-order chi connectivity index (χ0) is 19.6. The number of esters is 2. The summed E-state index contributed by atoms with van der Waals surface area (Å²) in [6, 6.07) is 16.0. The molecular formula is C22H22O5. The van der Waals surface area contributed by atoms with Crippen LogP contribution in [0.4, 0.5) is 0 Å². The summed E-state index contributed by atoms with van der Waals surface area (Å²) < 4.78 is 9.89. The van der Waals surface area contributed by atoms with E-state index in [1.54, 1.807) is 38.1 Å². The summed E-state index contributed by atoms with van der Waals surface area (Å²) >= 11 is 0. The van der Waals surface area contributed by atoms with Gasteiger partial charge in [0.1, 0.15) is 0 Å². The average molecular weight is 366 g/mol. The minimum absolute atomic E-state index is 0.0280. The summed E-state index contributed by atoms with van der Waals surface area (Å²) in [5, 5.41) is 0. The number of carbonyl (C=O) groups is 3. The summed E-state index contributed by atoms with van der Waals surface area (Å²) in [6.45, 7) is 3.76. The van der Waals surface area contributed by atoms with Crippen molar-refractivity contribution >= 4 is 23.3 Å². The van der Waals surface area contributed by atoms with Crippen LogP contribution < -0.4 is 0 Å². The summed E-state index contributed by atoms with van der Waals surface area (Å²) in [6.07, 6.45) is 1.41. The Morgan fingerprint density at radius 3 is 2.00 bits per heavy atom. The molecule has 0 aliphatic rings. The van der Waals surface area contributed by atoms with Crippen LogP contribution in [-0.4, -0.2) is 30.9 Å². The van der Waals surface area contributed by atoms with E-state index in [0.717, 1.165) is 11.6 Å². The molecule has 2 aromatic rings. The van der Waals surface area contributed by atoms with Crippen LogP contribution in [0.3, 0.4) is 0 Å². The minimum atomic E-state index is -0.621. The standard InChI is InChI=1S/C22H22O5/c1-3-26-21(24)15-19(22(25)27-4-2)17-10-12-18(13-11-17)20(23)14-16-8-6-5-7-9-16/h5-13,15H,3-4,14H2,1-2H3. The zero-order valence-corrected chi connectivity index (χ0v) is 15.4. The number of hydrogen-bond donors (Lipinski definition) is 0. The second-order valence-corrected chi connectivity index (χ2v) is 5.69. The fourth-order valence-corrected chi connectivity index (χ4v) is 2.49. The highest BCUT2D eigenvalue weighted by molar-refractivity contribution is 6.20. The third-order valence-electron chi connectivity index (χ3n) is 3.77. The van der Waals surface area contributed by atoms with Gasteiger partial charge in [-0.25, -0.2) is 9.59 Å². The molecule has 140 valence electrons. The molecule has 0 bridgehead atoms. The molecule has 0 aliphatic carbocycles. The maximum atomic E-state index is 12.4. The van der Waals surface area contributed by atoms with Gasteiger partial charge in [0.2, 0.25) is 0 Å². The van der Waals surface area contributed by atoms with Gasteiger partial charge >= 0.3 is 11.9 Å². The molecule has 0 aromatic heterocycles. The predicted octanol–water partition coefficient (Wildman–Crippen LogP) is 3.62. The van der Waals surface area contributed by atoms with Crippen LogP contribution in [0.1, 0.15) is 35.3 Å². The number of ether oxygens (including phenoxy) is 2. The monoisotopic (exact) mass is 366 g/mol. The molecule has 5 heteroatoms. The summed E-state index contributed by atoms with van der Waals surface area (Å²) in [4.78, 5) is 36.3. The third kappa shape index (κ3) is 5.92. The van der Waals surface area contributed by atoms with Crippen molar-refractivity contribution in [2.75, 3.05) is 13.2 Å². The van der Waals surface area contributed by atoms with Crippen molar-refractivity contribution in [3.8, 4) is 0 Å². The van der Waals surface area contributed by atoms with Gasteiger partial charge in [-0.05, 0) is 25.0 Å². The maximum Gasteiger partial charge on any atom is 0.338 e. The van der Waals surface area contributed by atoms with E-state index in [-0.39, 0.29) is 24.6 Å².